The third kappa shape index (κ3) is 2.87. The summed E-state index contributed by atoms with van der Waals surface area (Å²) in [5.74, 6) is 0. The standard InChI is InChI=1S/C16H23N3/c1-5-16(17)14-8-6-13(7-9-14)15-10-19(11(2)3)18-12(15)4/h6-11,16H,5,17H2,1-4H3. The Hall–Kier alpha value is -1.61. The molecule has 3 nitrogen and oxygen atoms in total. The maximum absolute atomic E-state index is 6.04. The van der Waals surface area contributed by atoms with Crippen LogP contribution in [0, 0.1) is 6.92 Å². The lowest BCUT2D eigenvalue weighted by Crippen LogP contribution is -2.08. The Morgan fingerprint density at radius 1 is 1.21 bits per heavy atom. The van der Waals surface area contributed by atoms with E-state index in [1.165, 1.54) is 16.7 Å². The molecule has 0 aliphatic carbocycles. The van der Waals surface area contributed by atoms with Gasteiger partial charge >= 0.3 is 0 Å². The van der Waals surface area contributed by atoms with Crippen molar-refractivity contribution in [2.24, 2.45) is 5.73 Å². The molecule has 1 atom stereocenters. The molecule has 0 fully saturated rings. The first-order chi connectivity index (χ1) is 9.02. The highest BCUT2D eigenvalue weighted by atomic mass is 15.3. The van der Waals surface area contributed by atoms with E-state index in [2.05, 4.69) is 63.3 Å². The van der Waals surface area contributed by atoms with E-state index in [0.717, 1.165) is 12.1 Å². The number of nitrogens with two attached hydrogens (primary N) is 1. The molecular weight excluding hydrogens is 234 g/mol. The molecule has 0 saturated carbocycles. The SMILES string of the molecule is CCC(N)c1ccc(-c2cn(C(C)C)nc2C)cc1. The molecule has 1 aromatic carbocycles. The Kier molecular flexibility index (Phi) is 4.05. The van der Waals surface area contributed by atoms with Gasteiger partial charge in [0.2, 0.25) is 0 Å². The van der Waals surface area contributed by atoms with E-state index in [4.69, 9.17) is 5.73 Å². The van der Waals surface area contributed by atoms with E-state index in [9.17, 15) is 0 Å². The number of benzene rings is 1. The second kappa shape index (κ2) is 5.57. The third-order valence-corrected chi connectivity index (χ3v) is 3.54. The minimum absolute atomic E-state index is 0.133. The van der Waals surface area contributed by atoms with Crippen LogP contribution in [0.3, 0.4) is 0 Å². The van der Waals surface area contributed by atoms with Gasteiger partial charge in [-0.2, -0.15) is 5.10 Å². The van der Waals surface area contributed by atoms with Crippen LogP contribution in [-0.2, 0) is 0 Å². The largest absolute Gasteiger partial charge is 0.324 e. The second-order valence-electron chi connectivity index (χ2n) is 5.34. The van der Waals surface area contributed by atoms with Crippen LogP contribution in [-0.4, -0.2) is 9.78 Å². The van der Waals surface area contributed by atoms with Gasteiger partial charge in [-0.15, -0.1) is 0 Å². The quantitative estimate of drug-likeness (QED) is 0.904. The lowest BCUT2D eigenvalue weighted by Gasteiger charge is -2.09. The van der Waals surface area contributed by atoms with Gasteiger partial charge in [-0.25, -0.2) is 0 Å². The van der Waals surface area contributed by atoms with Crippen molar-refractivity contribution in [3.05, 3.63) is 41.7 Å². The highest BCUT2D eigenvalue weighted by Gasteiger charge is 2.10. The first kappa shape index (κ1) is 13.8. The molecular formula is C16H23N3. The van der Waals surface area contributed by atoms with Crippen LogP contribution in [0.2, 0.25) is 0 Å². The summed E-state index contributed by atoms with van der Waals surface area (Å²) in [4.78, 5) is 0. The normalized spacial score (nSPS) is 12.9. The number of hydrogen-bond donors (Lipinski definition) is 1. The summed E-state index contributed by atoms with van der Waals surface area (Å²) >= 11 is 0. The minimum Gasteiger partial charge on any atom is -0.324 e. The summed E-state index contributed by atoms with van der Waals surface area (Å²) in [6.45, 7) is 8.44. The molecule has 2 N–H and O–H groups in total. The Morgan fingerprint density at radius 3 is 2.32 bits per heavy atom. The molecule has 0 amide bonds. The molecule has 1 heterocycles. The van der Waals surface area contributed by atoms with Crippen molar-refractivity contribution < 1.29 is 0 Å². The third-order valence-electron chi connectivity index (χ3n) is 3.54. The first-order valence-electron chi connectivity index (χ1n) is 6.94. The minimum atomic E-state index is 0.133. The first-order valence-corrected chi connectivity index (χ1v) is 6.94. The molecule has 1 aromatic heterocycles. The molecule has 0 radical (unpaired) electrons. The zero-order valence-corrected chi connectivity index (χ0v) is 12.2. The maximum atomic E-state index is 6.04. The molecule has 2 aromatic rings. The van der Waals surface area contributed by atoms with Gasteiger partial charge < -0.3 is 5.73 Å². The predicted octanol–water partition coefficient (Wildman–Crippen LogP) is 3.85. The summed E-state index contributed by atoms with van der Waals surface area (Å²) in [5, 5.41) is 4.55. The summed E-state index contributed by atoms with van der Waals surface area (Å²) in [5.41, 5.74) is 10.7. The Labute approximate surface area is 115 Å². The number of aryl methyl sites for hydroxylation is 1. The van der Waals surface area contributed by atoms with Crippen molar-refractivity contribution in [2.75, 3.05) is 0 Å². The average Bonchev–Trinajstić information content (AvgIpc) is 2.80. The number of hydrogen-bond acceptors (Lipinski definition) is 2. The number of nitrogens with zero attached hydrogens (tertiary/aromatic N) is 2. The van der Waals surface area contributed by atoms with Crippen molar-refractivity contribution in [3.8, 4) is 11.1 Å². The highest BCUT2D eigenvalue weighted by molar-refractivity contribution is 5.65. The van der Waals surface area contributed by atoms with Crippen LogP contribution >= 0.6 is 0 Å². The highest BCUT2D eigenvalue weighted by Crippen LogP contribution is 2.25. The molecule has 3 heteroatoms. The van der Waals surface area contributed by atoms with Crippen LogP contribution in [0.5, 0.6) is 0 Å². The lowest BCUT2D eigenvalue weighted by atomic mass is 10.0. The van der Waals surface area contributed by atoms with Crippen LogP contribution < -0.4 is 5.73 Å². The number of aromatic nitrogens is 2. The molecule has 2 rings (SSSR count). The van der Waals surface area contributed by atoms with E-state index in [1.54, 1.807) is 0 Å². The van der Waals surface area contributed by atoms with Crippen molar-refractivity contribution in [1.82, 2.24) is 9.78 Å². The van der Waals surface area contributed by atoms with Crippen molar-refractivity contribution in [3.63, 3.8) is 0 Å². The Bertz CT molecular complexity index is 538. The van der Waals surface area contributed by atoms with Crippen molar-refractivity contribution in [1.29, 1.82) is 0 Å². The van der Waals surface area contributed by atoms with Crippen LogP contribution in [0.15, 0.2) is 30.5 Å². The van der Waals surface area contributed by atoms with E-state index < -0.39 is 0 Å². The van der Waals surface area contributed by atoms with Crippen LogP contribution in [0.1, 0.15) is 50.5 Å². The summed E-state index contributed by atoms with van der Waals surface area (Å²) < 4.78 is 2.01. The van der Waals surface area contributed by atoms with Gasteiger partial charge in [0, 0.05) is 23.8 Å². The van der Waals surface area contributed by atoms with Crippen LogP contribution in [0.4, 0.5) is 0 Å². The van der Waals surface area contributed by atoms with Gasteiger partial charge in [-0.3, -0.25) is 4.68 Å². The van der Waals surface area contributed by atoms with Gasteiger partial charge in [0.05, 0.1) is 5.69 Å². The van der Waals surface area contributed by atoms with E-state index in [0.29, 0.717) is 6.04 Å². The average molecular weight is 257 g/mol. The summed E-state index contributed by atoms with van der Waals surface area (Å²) in [6.07, 6.45) is 3.08. The van der Waals surface area contributed by atoms with Gasteiger partial charge in [-0.1, -0.05) is 31.2 Å². The zero-order chi connectivity index (χ0) is 14.0. The van der Waals surface area contributed by atoms with E-state index >= 15 is 0 Å². The molecule has 0 aliphatic heterocycles. The number of rotatable bonds is 4. The zero-order valence-electron chi connectivity index (χ0n) is 12.2. The maximum Gasteiger partial charge on any atom is 0.0672 e. The summed E-state index contributed by atoms with van der Waals surface area (Å²) in [7, 11) is 0. The Morgan fingerprint density at radius 2 is 1.84 bits per heavy atom. The van der Waals surface area contributed by atoms with Crippen molar-refractivity contribution in [2.45, 2.75) is 46.2 Å². The molecule has 0 bridgehead atoms. The predicted molar refractivity (Wildman–Crippen MR) is 80.0 cm³/mol. The molecule has 0 aliphatic rings. The fourth-order valence-electron chi connectivity index (χ4n) is 2.18. The van der Waals surface area contributed by atoms with Gasteiger partial charge in [0.15, 0.2) is 0 Å². The molecule has 0 spiro atoms. The van der Waals surface area contributed by atoms with Gasteiger partial charge in [-0.05, 0) is 38.3 Å². The van der Waals surface area contributed by atoms with E-state index in [-0.39, 0.29) is 6.04 Å². The molecule has 19 heavy (non-hydrogen) atoms. The topological polar surface area (TPSA) is 43.8 Å². The second-order valence-corrected chi connectivity index (χ2v) is 5.34. The molecule has 102 valence electrons. The molecule has 1 unspecified atom stereocenters. The van der Waals surface area contributed by atoms with E-state index in [1.807, 2.05) is 4.68 Å². The van der Waals surface area contributed by atoms with Gasteiger partial charge in [0.25, 0.3) is 0 Å². The summed E-state index contributed by atoms with van der Waals surface area (Å²) in [6, 6.07) is 9.04. The fourth-order valence-corrected chi connectivity index (χ4v) is 2.18. The Balaban J connectivity index is 2.32. The van der Waals surface area contributed by atoms with Crippen molar-refractivity contribution >= 4 is 0 Å². The van der Waals surface area contributed by atoms with Gasteiger partial charge in [0.1, 0.15) is 0 Å². The smallest absolute Gasteiger partial charge is 0.0672 e. The van der Waals surface area contributed by atoms with Crippen LogP contribution in [0.25, 0.3) is 11.1 Å². The molecule has 0 saturated heterocycles. The lowest BCUT2D eigenvalue weighted by molar-refractivity contribution is 0.529. The fraction of sp³-hybridized carbons (Fsp3) is 0.438. The monoisotopic (exact) mass is 257 g/mol.